The molecule has 0 aliphatic heterocycles. The lowest BCUT2D eigenvalue weighted by Crippen LogP contribution is -2.45. The molecule has 86 valence electrons. The van der Waals surface area contributed by atoms with E-state index in [1.807, 2.05) is 0 Å². The first-order valence-corrected chi connectivity index (χ1v) is 5.74. The second-order valence-electron chi connectivity index (χ2n) is 5.00. The lowest BCUT2D eigenvalue weighted by atomic mass is 9.96. The van der Waals surface area contributed by atoms with Gasteiger partial charge in [-0.05, 0) is 33.2 Å². The molecule has 0 aliphatic rings. The molecule has 1 N–H and O–H groups in total. The van der Waals surface area contributed by atoms with Crippen molar-refractivity contribution in [2.24, 2.45) is 5.92 Å². The standard InChI is InChI=1S/C12H27NO/c1-7-10(3)11(14)9-13(6)12(4,5)8-2/h10-11,14H,7-9H2,1-6H3. The van der Waals surface area contributed by atoms with Gasteiger partial charge in [-0.3, -0.25) is 4.90 Å². The van der Waals surface area contributed by atoms with Gasteiger partial charge in [0, 0.05) is 12.1 Å². The Morgan fingerprint density at radius 1 is 1.29 bits per heavy atom. The van der Waals surface area contributed by atoms with Crippen molar-refractivity contribution in [2.75, 3.05) is 13.6 Å². The van der Waals surface area contributed by atoms with Crippen LogP contribution in [0.3, 0.4) is 0 Å². The van der Waals surface area contributed by atoms with E-state index in [0.717, 1.165) is 19.4 Å². The molecule has 2 atom stereocenters. The Balaban J connectivity index is 4.11. The summed E-state index contributed by atoms with van der Waals surface area (Å²) in [5.74, 6) is 0.394. The van der Waals surface area contributed by atoms with Crippen molar-refractivity contribution in [3.63, 3.8) is 0 Å². The van der Waals surface area contributed by atoms with Gasteiger partial charge in [0.15, 0.2) is 0 Å². The number of hydrogen-bond acceptors (Lipinski definition) is 2. The monoisotopic (exact) mass is 201 g/mol. The molecule has 2 unspecified atom stereocenters. The van der Waals surface area contributed by atoms with Gasteiger partial charge in [-0.25, -0.2) is 0 Å². The van der Waals surface area contributed by atoms with E-state index in [9.17, 15) is 5.11 Å². The molecule has 14 heavy (non-hydrogen) atoms. The zero-order valence-electron chi connectivity index (χ0n) is 10.7. The summed E-state index contributed by atoms with van der Waals surface area (Å²) in [6, 6.07) is 0. The molecule has 0 aromatic heterocycles. The number of hydrogen-bond donors (Lipinski definition) is 1. The van der Waals surface area contributed by atoms with E-state index in [2.05, 4.69) is 46.6 Å². The molecule has 0 aliphatic carbocycles. The van der Waals surface area contributed by atoms with E-state index in [4.69, 9.17) is 0 Å². The molecule has 2 nitrogen and oxygen atoms in total. The van der Waals surface area contributed by atoms with Gasteiger partial charge in [-0.1, -0.05) is 27.2 Å². The molecule has 0 aromatic rings. The summed E-state index contributed by atoms with van der Waals surface area (Å²) in [6.45, 7) is 11.6. The highest BCUT2D eigenvalue weighted by Gasteiger charge is 2.24. The van der Waals surface area contributed by atoms with Gasteiger partial charge in [0.2, 0.25) is 0 Å². The van der Waals surface area contributed by atoms with Crippen LogP contribution in [0, 0.1) is 5.92 Å². The molecule has 0 amide bonds. The van der Waals surface area contributed by atoms with Crippen molar-refractivity contribution < 1.29 is 5.11 Å². The predicted molar refractivity (Wildman–Crippen MR) is 62.5 cm³/mol. The highest BCUT2D eigenvalue weighted by molar-refractivity contribution is 4.80. The average molecular weight is 201 g/mol. The third-order valence-electron chi connectivity index (χ3n) is 3.66. The van der Waals surface area contributed by atoms with Gasteiger partial charge < -0.3 is 5.11 Å². The third-order valence-corrected chi connectivity index (χ3v) is 3.66. The molecule has 2 heteroatoms. The first kappa shape index (κ1) is 13.9. The molecule has 0 radical (unpaired) electrons. The minimum atomic E-state index is -0.198. The molecule has 0 rings (SSSR count). The van der Waals surface area contributed by atoms with Crippen LogP contribution in [-0.2, 0) is 0 Å². The van der Waals surface area contributed by atoms with E-state index in [1.165, 1.54) is 0 Å². The van der Waals surface area contributed by atoms with E-state index in [0.29, 0.717) is 5.92 Å². The van der Waals surface area contributed by atoms with E-state index in [-0.39, 0.29) is 11.6 Å². The van der Waals surface area contributed by atoms with Crippen molar-refractivity contribution in [1.82, 2.24) is 4.90 Å². The van der Waals surface area contributed by atoms with Gasteiger partial charge in [-0.15, -0.1) is 0 Å². The maximum Gasteiger partial charge on any atom is 0.0692 e. The maximum atomic E-state index is 9.91. The van der Waals surface area contributed by atoms with Crippen LogP contribution in [0.2, 0.25) is 0 Å². The summed E-state index contributed by atoms with van der Waals surface area (Å²) < 4.78 is 0. The summed E-state index contributed by atoms with van der Waals surface area (Å²) in [4.78, 5) is 2.25. The van der Waals surface area contributed by atoms with Crippen LogP contribution >= 0.6 is 0 Å². The minimum absolute atomic E-state index is 0.189. The van der Waals surface area contributed by atoms with Gasteiger partial charge >= 0.3 is 0 Å². The summed E-state index contributed by atoms with van der Waals surface area (Å²) in [6.07, 6.45) is 1.95. The van der Waals surface area contributed by atoms with Crippen LogP contribution in [0.25, 0.3) is 0 Å². The number of β-amino-alcohol motifs (C(OH)–C–C–N with tert-alkyl or cyclic N) is 1. The van der Waals surface area contributed by atoms with E-state index >= 15 is 0 Å². The van der Waals surface area contributed by atoms with Gasteiger partial charge in [0.25, 0.3) is 0 Å². The summed E-state index contributed by atoms with van der Waals surface area (Å²) in [5, 5.41) is 9.91. The fourth-order valence-electron chi connectivity index (χ4n) is 1.25. The van der Waals surface area contributed by atoms with Crippen LogP contribution in [0.1, 0.15) is 47.5 Å². The Bertz CT molecular complexity index is 156. The minimum Gasteiger partial charge on any atom is -0.392 e. The normalized spacial score (nSPS) is 17.1. The van der Waals surface area contributed by atoms with Crippen LogP contribution in [0.5, 0.6) is 0 Å². The Morgan fingerprint density at radius 3 is 2.14 bits per heavy atom. The van der Waals surface area contributed by atoms with E-state index < -0.39 is 0 Å². The zero-order valence-corrected chi connectivity index (χ0v) is 10.7. The molecule has 0 bridgehead atoms. The Labute approximate surface area is 89.3 Å². The number of rotatable bonds is 6. The smallest absolute Gasteiger partial charge is 0.0692 e. The summed E-state index contributed by atoms with van der Waals surface area (Å²) in [5.41, 5.74) is 0.189. The molecule has 0 heterocycles. The van der Waals surface area contributed by atoms with Gasteiger partial charge in [0.1, 0.15) is 0 Å². The molecule has 0 saturated heterocycles. The first-order chi connectivity index (χ1) is 6.35. The highest BCUT2D eigenvalue weighted by Crippen LogP contribution is 2.18. The molecule has 0 saturated carbocycles. The zero-order chi connectivity index (χ0) is 11.4. The first-order valence-electron chi connectivity index (χ1n) is 5.74. The second kappa shape index (κ2) is 5.72. The molecule has 0 aromatic carbocycles. The van der Waals surface area contributed by atoms with Crippen LogP contribution < -0.4 is 0 Å². The van der Waals surface area contributed by atoms with Crippen LogP contribution in [0.4, 0.5) is 0 Å². The lowest BCUT2D eigenvalue weighted by Gasteiger charge is -2.37. The largest absolute Gasteiger partial charge is 0.392 e. The fourth-order valence-corrected chi connectivity index (χ4v) is 1.25. The molecular formula is C12H27NO. The Hall–Kier alpha value is -0.0800. The van der Waals surface area contributed by atoms with Crippen LogP contribution in [-0.4, -0.2) is 35.2 Å². The number of aliphatic hydroxyl groups excluding tert-OH is 1. The van der Waals surface area contributed by atoms with Crippen LogP contribution in [0.15, 0.2) is 0 Å². The van der Waals surface area contributed by atoms with Gasteiger partial charge in [-0.2, -0.15) is 0 Å². The summed E-state index contributed by atoms with van der Waals surface area (Å²) >= 11 is 0. The SMILES string of the molecule is CCC(C)C(O)CN(C)C(C)(C)CC. The number of nitrogens with zero attached hydrogens (tertiary/aromatic N) is 1. The summed E-state index contributed by atoms with van der Waals surface area (Å²) in [7, 11) is 2.09. The Kier molecular flexibility index (Phi) is 5.68. The van der Waals surface area contributed by atoms with Gasteiger partial charge in [0.05, 0.1) is 6.10 Å². The molecular weight excluding hydrogens is 174 g/mol. The maximum absolute atomic E-state index is 9.91. The fraction of sp³-hybridized carbons (Fsp3) is 1.00. The number of aliphatic hydroxyl groups is 1. The topological polar surface area (TPSA) is 23.5 Å². The Morgan fingerprint density at radius 2 is 1.79 bits per heavy atom. The quantitative estimate of drug-likeness (QED) is 0.714. The number of likely N-dealkylation sites (N-methyl/N-ethyl adjacent to an activating group) is 1. The molecule has 0 fully saturated rings. The highest BCUT2D eigenvalue weighted by atomic mass is 16.3. The third kappa shape index (κ3) is 3.97. The molecule has 0 spiro atoms. The predicted octanol–water partition coefficient (Wildman–Crippen LogP) is 2.51. The van der Waals surface area contributed by atoms with Crippen molar-refractivity contribution in [2.45, 2.75) is 59.1 Å². The average Bonchev–Trinajstić information content (AvgIpc) is 2.16. The van der Waals surface area contributed by atoms with Crippen molar-refractivity contribution in [1.29, 1.82) is 0 Å². The van der Waals surface area contributed by atoms with Crippen molar-refractivity contribution in [3.8, 4) is 0 Å². The van der Waals surface area contributed by atoms with Crippen molar-refractivity contribution >= 4 is 0 Å². The van der Waals surface area contributed by atoms with Crippen molar-refractivity contribution in [3.05, 3.63) is 0 Å². The second-order valence-corrected chi connectivity index (χ2v) is 5.00. The van der Waals surface area contributed by atoms with E-state index in [1.54, 1.807) is 0 Å². The lowest BCUT2D eigenvalue weighted by molar-refractivity contribution is 0.0386.